The zero-order valence-electron chi connectivity index (χ0n) is 12.4. The molecule has 20 heavy (non-hydrogen) atoms. The molecule has 0 aromatic heterocycles. The maximum atomic E-state index is 11.4. The lowest BCUT2D eigenvalue weighted by Crippen LogP contribution is -2.21. The highest BCUT2D eigenvalue weighted by Gasteiger charge is 2.21. The molecule has 0 saturated heterocycles. The summed E-state index contributed by atoms with van der Waals surface area (Å²) in [5.74, 6) is -0.925. The third-order valence-corrected chi connectivity index (χ3v) is 2.16. The van der Waals surface area contributed by atoms with Crippen molar-refractivity contribution >= 4 is 11.9 Å². The number of nitrogens with zero attached hydrogens (tertiary/aromatic N) is 3. The van der Waals surface area contributed by atoms with Gasteiger partial charge in [-0.3, -0.25) is 9.59 Å². The van der Waals surface area contributed by atoms with Gasteiger partial charge in [-0.1, -0.05) is 0 Å². The molecular weight excluding hydrogens is 262 g/mol. The Hall–Kier alpha value is -1.97. The van der Waals surface area contributed by atoms with Crippen LogP contribution in [0, 0.1) is 11.3 Å². The molecule has 0 bridgehead atoms. The molecule has 0 N–H and O–H groups in total. The first-order valence-corrected chi connectivity index (χ1v) is 6.49. The van der Waals surface area contributed by atoms with E-state index in [1.165, 1.54) is 0 Å². The van der Waals surface area contributed by atoms with Crippen LogP contribution in [0.2, 0.25) is 0 Å². The van der Waals surface area contributed by atoms with Crippen molar-refractivity contribution in [2.24, 2.45) is 10.2 Å². The normalized spacial score (nSPS) is 11.4. The topological polar surface area (TPSA) is 101 Å². The van der Waals surface area contributed by atoms with Crippen LogP contribution in [0.4, 0.5) is 0 Å². The molecule has 0 aromatic rings. The minimum atomic E-state index is -0.998. The maximum Gasteiger partial charge on any atom is 0.308 e. The van der Waals surface area contributed by atoms with Gasteiger partial charge in [-0.05, 0) is 27.7 Å². The molecular formula is C13H21N3O4. The lowest BCUT2D eigenvalue weighted by Gasteiger charge is -2.12. The highest BCUT2D eigenvalue weighted by molar-refractivity contribution is 5.74. The molecule has 0 aromatic carbocycles. The summed E-state index contributed by atoms with van der Waals surface area (Å²) in [5, 5.41) is 16.6. The minimum absolute atomic E-state index is 0.0718. The largest absolute Gasteiger partial charge is 0.466 e. The summed E-state index contributed by atoms with van der Waals surface area (Å²) in [6, 6.07) is 1.28. The van der Waals surface area contributed by atoms with E-state index in [1.807, 2.05) is 6.07 Å². The molecule has 0 radical (unpaired) electrons. The molecule has 0 amide bonds. The SMILES string of the molecule is CCOC(=O)CC(CC(=O)OCC)N=NC(C)(C)C#N. The number of carbonyl (C=O) groups is 2. The van der Waals surface area contributed by atoms with E-state index < -0.39 is 23.5 Å². The van der Waals surface area contributed by atoms with Crippen LogP contribution in [0.15, 0.2) is 10.2 Å². The number of esters is 2. The van der Waals surface area contributed by atoms with Gasteiger partial charge in [0.25, 0.3) is 0 Å². The van der Waals surface area contributed by atoms with Crippen LogP contribution in [-0.4, -0.2) is 36.7 Å². The van der Waals surface area contributed by atoms with Crippen molar-refractivity contribution in [1.29, 1.82) is 5.26 Å². The molecule has 112 valence electrons. The van der Waals surface area contributed by atoms with E-state index in [2.05, 4.69) is 10.2 Å². The number of nitriles is 1. The first-order chi connectivity index (χ1) is 9.34. The van der Waals surface area contributed by atoms with Gasteiger partial charge in [-0.2, -0.15) is 15.5 Å². The standard InChI is InChI=1S/C13H21N3O4/c1-5-19-11(17)7-10(8-12(18)20-6-2)15-16-13(3,4)9-14/h10H,5-8H2,1-4H3. The molecule has 0 aliphatic heterocycles. The molecule has 0 fully saturated rings. The fraction of sp³-hybridized carbons (Fsp3) is 0.769. The fourth-order valence-electron chi connectivity index (χ4n) is 1.23. The van der Waals surface area contributed by atoms with Gasteiger partial charge >= 0.3 is 11.9 Å². The zero-order chi connectivity index (χ0) is 15.6. The van der Waals surface area contributed by atoms with Crippen LogP contribution in [0.3, 0.4) is 0 Å². The smallest absolute Gasteiger partial charge is 0.308 e. The molecule has 7 nitrogen and oxygen atoms in total. The third-order valence-electron chi connectivity index (χ3n) is 2.16. The Labute approximate surface area is 119 Å². The van der Waals surface area contributed by atoms with Crippen molar-refractivity contribution in [2.75, 3.05) is 13.2 Å². The summed E-state index contributed by atoms with van der Waals surface area (Å²) in [6.07, 6.45) is -0.144. The second-order valence-corrected chi connectivity index (χ2v) is 4.56. The second kappa shape index (κ2) is 9.02. The first kappa shape index (κ1) is 18.0. The predicted octanol–water partition coefficient (Wildman–Crippen LogP) is 2.02. The van der Waals surface area contributed by atoms with Crippen molar-refractivity contribution in [2.45, 2.75) is 52.1 Å². The van der Waals surface area contributed by atoms with Crippen molar-refractivity contribution in [3.63, 3.8) is 0 Å². The van der Waals surface area contributed by atoms with Gasteiger partial charge in [-0.25, -0.2) is 0 Å². The maximum absolute atomic E-state index is 11.4. The van der Waals surface area contributed by atoms with Crippen molar-refractivity contribution in [3.8, 4) is 6.07 Å². The van der Waals surface area contributed by atoms with Crippen LogP contribution in [0.25, 0.3) is 0 Å². The van der Waals surface area contributed by atoms with E-state index in [0.29, 0.717) is 0 Å². The van der Waals surface area contributed by atoms with Gasteiger partial charge in [0.1, 0.15) is 0 Å². The minimum Gasteiger partial charge on any atom is -0.466 e. The van der Waals surface area contributed by atoms with E-state index in [-0.39, 0.29) is 26.1 Å². The van der Waals surface area contributed by atoms with E-state index >= 15 is 0 Å². The fourth-order valence-corrected chi connectivity index (χ4v) is 1.23. The molecule has 0 spiro atoms. The van der Waals surface area contributed by atoms with Crippen LogP contribution >= 0.6 is 0 Å². The van der Waals surface area contributed by atoms with E-state index in [1.54, 1.807) is 27.7 Å². The number of ether oxygens (including phenoxy) is 2. The third kappa shape index (κ3) is 8.19. The number of carbonyl (C=O) groups excluding carboxylic acids is 2. The van der Waals surface area contributed by atoms with Gasteiger partial charge in [0.2, 0.25) is 0 Å². The van der Waals surface area contributed by atoms with E-state index in [4.69, 9.17) is 14.7 Å². The van der Waals surface area contributed by atoms with Crippen LogP contribution in [0.5, 0.6) is 0 Å². The van der Waals surface area contributed by atoms with Crippen LogP contribution < -0.4 is 0 Å². The summed E-state index contributed by atoms with van der Waals surface area (Å²) in [7, 11) is 0. The van der Waals surface area contributed by atoms with Crippen LogP contribution in [0.1, 0.15) is 40.5 Å². The second-order valence-electron chi connectivity index (χ2n) is 4.56. The number of azo groups is 1. The molecule has 0 heterocycles. The Bertz CT molecular complexity index is 379. The zero-order valence-corrected chi connectivity index (χ0v) is 12.4. The van der Waals surface area contributed by atoms with Crippen molar-refractivity contribution in [3.05, 3.63) is 0 Å². The first-order valence-electron chi connectivity index (χ1n) is 6.49. The molecule has 0 aliphatic rings. The molecule has 0 aliphatic carbocycles. The average Bonchev–Trinajstić information content (AvgIpc) is 2.36. The Morgan fingerprint density at radius 1 is 1.15 bits per heavy atom. The van der Waals surface area contributed by atoms with Gasteiger partial charge in [0.15, 0.2) is 5.54 Å². The summed E-state index contributed by atoms with van der Waals surface area (Å²) in [6.45, 7) is 7.07. The molecule has 0 unspecified atom stereocenters. The molecule has 0 saturated carbocycles. The van der Waals surface area contributed by atoms with Gasteiger partial charge in [0, 0.05) is 0 Å². The average molecular weight is 283 g/mol. The van der Waals surface area contributed by atoms with E-state index in [0.717, 1.165) is 0 Å². The van der Waals surface area contributed by atoms with Crippen LogP contribution in [-0.2, 0) is 19.1 Å². The highest BCUT2D eigenvalue weighted by atomic mass is 16.5. The summed E-state index contributed by atoms with van der Waals surface area (Å²) in [4.78, 5) is 22.9. The monoisotopic (exact) mass is 283 g/mol. The Balaban J connectivity index is 4.75. The lowest BCUT2D eigenvalue weighted by atomic mass is 10.1. The number of hydrogen-bond acceptors (Lipinski definition) is 7. The quantitative estimate of drug-likeness (QED) is 0.501. The lowest BCUT2D eigenvalue weighted by molar-refractivity contribution is -0.145. The summed E-state index contributed by atoms with van der Waals surface area (Å²) >= 11 is 0. The Morgan fingerprint density at radius 2 is 1.60 bits per heavy atom. The van der Waals surface area contributed by atoms with E-state index in [9.17, 15) is 9.59 Å². The highest BCUT2D eigenvalue weighted by Crippen LogP contribution is 2.13. The molecule has 0 rings (SSSR count). The van der Waals surface area contributed by atoms with Crippen molar-refractivity contribution < 1.29 is 19.1 Å². The molecule has 7 heteroatoms. The Morgan fingerprint density at radius 3 is 1.95 bits per heavy atom. The number of rotatable bonds is 8. The molecule has 0 atom stereocenters. The number of hydrogen-bond donors (Lipinski definition) is 0. The predicted molar refractivity (Wildman–Crippen MR) is 70.8 cm³/mol. The van der Waals surface area contributed by atoms with Gasteiger partial charge in [0.05, 0.1) is 38.2 Å². The summed E-state index contributed by atoms with van der Waals surface area (Å²) in [5.41, 5.74) is -0.998. The summed E-state index contributed by atoms with van der Waals surface area (Å²) < 4.78 is 9.63. The van der Waals surface area contributed by atoms with Crippen molar-refractivity contribution in [1.82, 2.24) is 0 Å². The van der Waals surface area contributed by atoms with Gasteiger partial charge < -0.3 is 9.47 Å². The van der Waals surface area contributed by atoms with Gasteiger partial charge in [-0.15, -0.1) is 0 Å². The Kier molecular flexibility index (Phi) is 8.13.